The Hall–Kier alpha value is -2.11. The smallest absolute Gasteiger partial charge is 0.131 e. The molecule has 0 spiro atoms. The maximum absolute atomic E-state index is 6.43. The zero-order valence-corrected chi connectivity index (χ0v) is 18.0. The number of nitrogens with zero attached hydrogens (tertiary/aromatic N) is 4. The second-order valence-electron chi connectivity index (χ2n) is 8.75. The summed E-state index contributed by atoms with van der Waals surface area (Å²) in [5.41, 5.74) is 7.21. The zero-order valence-electron chi connectivity index (χ0n) is 17.3. The number of fused-ring (bicyclic) bond motifs is 1. The van der Waals surface area contributed by atoms with Crippen LogP contribution in [0.5, 0.6) is 0 Å². The van der Waals surface area contributed by atoms with Crippen molar-refractivity contribution in [1.82, 2.24) is 24.9 Å². The highest BCUT2D eigenvalue weighted by atomic mass is 35.5. The fourth-order valence-corrected chi connectivity index (χ4v) is 4.47. The van der Waals surface area contributed by atoms with Gasteiger partial charge in [0, 0.05) is 36.5 Å². The summed E-state index contributed by atoms with van der Waals surface area (Å²) in [6, 6.07) is 8.81. The van der Waals surface area contributed by atoms with Crippen molar-refractivity contribution in [3.8, 4) is 5.69 Å². The lowest BCUT2D eigenvalue weighted by Crippen LogP contribution is -2.33. The molecule has 3 aromatic rings. The Morgan fingerprint density at radius 1 is 1.21 bits per heavy atom. The molecule has 1 aromatic carbocycles. The van der Waals surface area contributed by atoms with E-state index in [4.69, 9.17) is 16.7 Å². The third kappa shape index (κ3) is 3.49. The summed E-state index contributed by atoms with van der Waals surface area (Å²) in [5, 5.41) is 13.6. The highest BCUT2D eigenvalue weighted by Crippen LogP contribution is 2.41. The van der Waals surface area contributed by atoms with Gasteiger partial charge in [-0.3, -0.25) is 4.68 Å². The number of hydrogen-bond donors (Lipinski definition) is 1. The van der Waals surface area contributed by atoms with Gasteiger partial charge in [-0.2, -0.15) is 10.2 Å². The van der Waals surface area contributed by atoms with Gasteiger partial charge in [-0.05, 0) is 44.2 Å². The van der Waals surface area contributed by atoms with Crippen molar-refractivity contribution < 1.29 is 0 Å². The number of benzene rings is 1. The Bertz CT molecular complexity index is 997. The van der Waals surface area contributed by atoms with Gasteiger partial charge in [-0.25, -0.2) is 4.68 Å². The van der Waals surface area contributed by atoms with Crippen LogP contribution < -0.4 is 5.32 Å². The molecule has 1 aliphatic rings. The van der Waals surface area contributed by atoms with Crippen LogP contribution in [0.3, 0.4) is 0 Å². The summed E-state index contributed by atoms with van der Waals surface area (Å²) in [5.74, 6) is 0. The van der Waals surface area contributed by atoms with Gasteiger partial charge in [-0.15, -0.1) is 0 Å². The molecule has 28 heavy (non-hydrogen) atoms. The Balaban J connectivity index is 1.65. The van der Waals surface area contributed by atoms with E-state index in [0.717, 1.165) is 29.8 Å². The van der Waals surface area contributed by atoms with Gasteiger partial charge in [-0.1, -0.05) is 43.1 Å². The molecule has 148 valence electrons. The molecule has 0 saturated heterocycles. The molecule has 0 bridgehead atoms. The average Bonchev–Trinajstić information content (AvgIpc) is 3.14. The first-order valence-electron chi connectivity index (χ1n) is 9.80. The van der Waals surface area contributed by atoms with Crippen LogP contribution in [0.25, 0.3) is 5.69 Å². The predicted molar refractivity (Wildman–Crippen MR) is 113 cm³/mol. The van der Waals surface area contributed by atoms with Gasteiger partial charge in [0.1, 0.15) is 5.15 Å². The third-order valence-electron chi connectivity index (χ3n) is 5.75. The molecule has 0 aliphatic heterocycles. The highest BCUT2D eigenvalue weighted by molar-refractivity contribution is 6.30. The molecule has 0 fully saturated rings. The van der Waals surface area contributed by atoms with Crippen LogP contribution in [-0.2, 0) is 20.0 Å². The molecule has 1 aliphatic carbocycles. The summed E-state index contributed by atoms with van der Waals surface area (Å²) < 4.78 is 3.84. The van der Waals surface area contributed by atoms with Crippen molar-refractivity contribution in [2.75, 3.05) is 0 Å². The van der Waals surface area contributed by atoms with Crippen LogP contribution in [-0.4, -0.2) is 19.6 Å². The number of nitrogens with one attached hydrogen (secondary N) is 1. The fourth-order valence-electron chi connectivity index (χ4n) is 4.23. The van der Waals surface area contributed by atoms with E-state index in [1.807, 2.05) is 20.2 Å². The molecule has 0 amide bonds. The monoisotopic (exact) mass is 397 g/mol. The lowest BCUT2D eigenvalue weighted by atomic mass is 9.74. The molecule has 0 radical (unpaired) electrons. The van der Waals surface area contributed by atoms with E-state index in [-0.39, 0.29) is 11.5 Å². The molecule has 6 heteroatoms. The maximum atomic E-state index is 6.43. The summed E-state index contributed by atoms with van der Waals surface area (Å²) >= 11 is 6.43. The van der Waals surface area contributed by atoms with Crippen LogP contribution >= 0.6 is 11.6 Å². The van der Waals surface area contributed by atoms with E-state index in [9.17, 15) is 0 Å². The van der Waals surface area contributed by atoms with Crippen LogP contribution in [0.4, 0.5) is 0 Å². The topological polar surface area (TPSA) is 47.7 Å². The molecule has 1 N–H and O–H groups in total. The Kier molecular flexibility index (Phi) is 4.84. The van der Waals surface area contributed by atoms with Gasteiger partial charge in [0.25, 0.3) is 0 Å². The number of halogens is 1. The highest BCUT2D eigenvalue weighted by Gasteiger charge is 2.35. The minimum absolute atomic E-state index is 0.195. The lowest BCUT2D eigenvalue weighted by molar-refractivity contribution is 0.252. The minimum atomic E-state index is 0.195. The molecular weight excluding hydrogens is 370 g/mol. The van der Waals surface area contributed by atoms with Gasteiger partial charge in [0.2, 0.25) is 0 Å². The zero-order chi connectivity index (χ0) is 20.1. The molecule has 5 nitrogen and oxygen atoms in total. The van der Waals surface area contributed by atoms with Crippen LogP contribution in [0, 0.1) is 19.3 Å². The van der Waals surface area contributed by atoms with Crippen molar-refractivity contribution in [3.05, 3.63) is 63.7 Å². The van der Waals surface area contributed by atoms with Crippen molar-refractivity contribution in [2.45, 2.75) is 53.1 Å². The van der Waals surface area contributed by atoms with Gasteiger partial charge in [0.05, 0.1) is 17.6 Å². The van der Waals surface area contributed by atoms with E-state index in [1.165, 1.54) is 16.8 Å². The van der Waals surface area contributed by atoms with Gasteiger partial charge < -0.3 is 5.32 Å². The van der Waals surface area contributed by atoms with Crippen LogP contribution in [0.2, 0.25) is 5.15 Å². The van der Waals surface area contributed by atoms with Crippen molar-refractivity contribution in [3.63, 3.8) is 0 Å². The summed E-state index contributed by atoms with van der Waals surface area (Å²) in [6.07, 6.45) is 4.11. The molecule has 2 aromatic heterocycles. The molecule has 2 heterocycles. The lowest BCUT2D eigenvalue weighted by Gasteiger charge is -2.36. The predicted octanol–water partition coefficient (Wildman–Crippen LogP) is 4.68. The number of aromatic nitrogens is 4. The molecule has 1 unspecified atom stereocenters. The first-order valence-corrected chi connectivity index (χ1v) is 10.2. The largest absolute Gasteiger partial charge is 0.306 e. The SMILES string of the molecule is Cc1ccc(-n2ncc3c2CC(C)(C)CC3NCc2c(C)nn(C)c2Cl)cc1. The first-order chi connectivity index (χ1) is 13.2. The van der Waals surface area contributed by atoms with E-state index < -0.39 is 0 Å². The standard InChI is InChI=1S/C22H28ClN5/c1-14-6-8-16(9-7-14)28-20-11-22(3,4)10-19(18(20)13-25-28)24-12-17-15(2)26-27(5)21(17)23/h6-9,13,19,24H,10-12H2,1-5H3. The van der Waals surface area contributed by atoms with Gasteiger partial charge >= 0.3 is 0 Å². The number of hydrogen-bond acceptors (Lipinski definition) is 3. The second kappa shape index (κ2) is 7.05. The van der Waals surface area contributed by atoms with E-state index in [2.05, 4.69) is 60.1 Å². The van der Waals surface area contributed by atoms with E-state index >= 15 is 0 Å². The number of rotatable bonds is 4. The summed E-state index contributed by atoms with van der Waals surface area (Å²) in [6.45, 7) is 9.48. The van der Waals surface area contributed by atoms with Crippen molar-refractivity contribution >= 4 is 11.6 Å². The molecule has 0 saturated carbocycles. The maximum Gasteiger partial charge on any atom is 0.131 e. The number of aryl methyl sites for hydroxylation is 3. The third-order valence-corrected chi connectivity index (χ3v) is 6.23. The van der Waals surface area contributed by atoms with E-state index in [1.54, 1.807) is 4.68 Å². The van der Waals surface area contributed by atoms with Gasteiger partial charge in [0.15, 0.2) is 0 Å². The Labute approximate surface area is 171 Å². The Morgan fingerprint density at radius 2 is 1.93 bits per heavy atom. The second-order valence-corrected chi connectivity index (χ2v) is 9.11. The van der Waals surface area contributed by atoms with Crippen molar-refractivity contribution in [1.29, 1.82) is 0 Å². The first kappa shape index (κ1) is 19.2. The quantitative estimate of drug-likeness (QED) is 0.695. The van der Waals surface area contributed by atoms with Crippen LogP contribution in [0.15, 0.2) is 30.5 Å². The van der Waals surface area contributed by atoms with Crippen LogP contribution in [0.1, 0.15) is 54.4 Å². The summed E-state index contributed by atoms with van der Waals surface area (Å²) in [4.78, 5) is 0. The minimum Gasteiger partial charge on any atom is -0.306 e. The average molecular weight is 398 g/mol. The molecular formula is C22H28ClN5. The van der Waals surface area contributed by atoms with Crippen molar-refractivity contribution in [2.24, 2.45) is 12.5 Å². The molecule has 1 atom stereocenters. The molecule has 4 rings (SSSR count). The van der Waals surface area contributed by atoms with E-state index in [0.29, 0.717) is 11.7 Å². The normalized spacial score (nSPS) is 18.3. The Morgan fingerprint density at radius 3 is 2.57 bits per heavy atom. The fraction of sp³-hybridized carbons (Fsp3) is 0.455. The summed E-state index contributed by atoms with van der Waals surface area (Å²) in [7, 11) is 1.88.